The standard InChI is InChI=1S/C34H67NO5/c1-3-5-7-9-11-13-15-17-19-21-23-25-27-29-31(36)33(34(38)40-39)35-32(37)30-28-26-24-22-20-18-16-14-12-10-8-6-4-2/h27,29,31,33-34,36,38-39H,3-26,28,30H2,1-2H3,(H,35,37). The minimum absolute atomic E-state index is 0.248. The molecule has 0 aromatic heterocycles. The van der Waals surface area contributed by atoms with Crippen molar-refractivity contribution in [1.29, 1.82) is 0 Å². The summed E-state index contributed by atoms with van der Waals surface area (Å²) in [4.78, 5) is 16.4. The molecule has 0 saturated carbocycles. The lowest BCUT2D eigenvalue weighted by Gasteiger charge is -2.24. The zero-order valence-electron chi connectivity index (χ0n) is 26.4. The lowest BCUT2D eigenvalue weighted by Crippen LogP contribution is -2.51. The average molecular weight is 570 g/mol. The molecule has 0 fully saturated rings. The molecule has 0 aliphatic rings. The van der Waals surface area contributed by atoms with Gasteiger partial charge in [-0.25, -0.2) is 10.1 Å². The minimum atomic E-state index is -1.68. The highest BCUT2D eigenvalue weighted by atomic mass is 17.1. The van der Waals surface area contributed by atoms with Gasteiger partial charge in [0.15, 0.2) is 0 Å². The molecule has 0 radical (unpaired) electrons. The van der Waals surface area contributed by atoms with Gasteiger partial charge in [-0.05, 0) is 19.3 Å². The first-order valence-electron chi connectivity index (χ1n) is 17.2. The van der Waals surface area contributed by atoms with Crippen LogP contribution >= 0.6 is 0 Å². The number of amides is 1. The summed E-state index contributed by atoms with van der Waals surface area (Å²) >= 11 is 0. The predicted molar refractivity (Wildman–Crippen MR) is 168 cm³/mol. The van der Waals surface area contributed by atoms with Gasteiger partial charge in [0.2, 0.25) is 12.2 Å². The second-order valence-corrected chi connectivity index (χ2v) is 11.8. The molecule has 0 spiro atoms. The van der Waals surface area contributed by atoms with Crippen LogP contribution in [-0.4, -0.2) is 39.8 Å². The molecule has 0 heterocycles. The van der Waals surface area contributed by atoms with E-state index in [4.69, 9.17) is 5.26 Å². The molecule has 0 aliphatic heterocycles. The quantitative estimate of drug-likeness (QED) is 0.0219. The van der Waals surface area contributed by atoms with Gasteiger partial charge in [-0.1, -0.05) is 167 Å². The fraction of sp³-hybridized carbons (Fsp3) is 0.912. The molecule has 3 unspecified atom stereocenters. The number of aliphatic hydroxyl groups is 2. The SMILES string of the molecule is CCCCCCCCCCCCCC=CC(O)C(NC(=O)CCCCCCCCCCCCCCC)C(O)OO. The number of aliphatic hydroxyl groups excluding tert-OH is 2. The summed E-state index contributed by atoms with van der Waals surface area (Å²) < 4.78 is 0. The van der Waals surface area contributed by atoms with E-state index in [1.54, 1.807) is 6.08 Å². The van der Waals surface area contributed by atoms with Crippen molar-refractivity contribution in [2.24, 2.45) is 0 Å². The second-order valence-electron chi connectivity index (χ2n) is 11.8. The molecular formula is C34H67NO5. The van der Waals surface area contributed by atoms with E-state index in [-0.39, 0.29) is 5.91 Å². The zero-order valence-corrected chi connectivity index (χ0v) is 26.4. The van der Waals surface area contributed by atoms with E-state index < -0.39 is 18.4 Å². The van der Waals surface area contributed by atoms with E-state index in [1.165, 1.54) is 122 Å². The zero-order chi connectivity index (χ0) is 29.5. The molecule has 3 atom stereocenters. The van der Waals surface area contributed by atoms with Crippen molar-refractivity contribution >= 4 is 5.91 Å². The Bertz CT molecular complexity index is 556. The van der Waals surface area contributed by atoms with Gasteiger partial charge < -0.3 is 15.5 Å². The Labute approximate surface area is 247 Å². The molecule has 4 N–H and O–H groups in total. The summed E-state index contributed by atoms with van der Waals surface area (Å²) in [5, 5.41) is 32.0. The fourth-order valence-corrected chi connectivity index (χ4v) is 5.23. The van der Waals surface area contributed by atoms with Crippen LogP contribution in [0.3, 0.4) is 0 Å². The van der Waals surface area contributed by atoms with Crippen LogP contribution in [0.15, 0.2) is 12.2 Å². The van der Waals surface area contributed by atoms with E-state index >= 15 is 0 Å². The summed E-state index contributed by atoms with van der Waals surface area (Å²) in [6.07, 6.45) is 32.2. The lowest BCUT2D eigenvalue weighted by molar-refractivity contribution is -0.343. The number of carbonyl (C=O) groups is 1. The lowest BCUT2D eigenvalue weighted by atomic mass is 10.0. The molecule has 1 amide bonds. The van der Waals surface area contributed by atoms with Crippen LogP contribution < -0.4 is 5.32 Å². The maximum Gasteiger partial charge on any atom is 0.220 e. The van der Waals surface area contributed by atoms with Gasteiger partial charge in [0.1, 0.15) is 6.04 Å². The van der Waals surface area contributed by atoms with Gasteiger partial charge in [0.05, 0.1) is 6.10 Å². The van der Waals surface area contributed by atoms with E-state index in [0.717, 1.165) is 38.5 Å². The molecule has 0 saturated heterocycles. The Morgan fingerprint density at radius 3 is 1.40 bits per heavy atom. The van der Waals surface area contributed by atoms with Crippen molar-refractivity contribution in [3.8, 4) is 0 Å². The number of carbonyl (C=O) groups excluding carboxylic acids is 1. The van der Waals surface area contributed by atoms with Crippen molar-refractivity contribution in [2.45, 2.75) is 199 Å². The Hall–Kier alpha value is -0.950. The highest BCUT2D eigenvalue weighted by Gasteiger charge is 2.28. The number of unbranched alkanes of at least 4 members (excludes halogenated alkanes) is 23. The molecule has 6 nitrogen and oxygen atoms in total. The van der Waals surface area contributed by atoms with E-state index in [1.807, 2.05) is 6.08 Å². The fourth-order valence-electron chi connectivity index (χ4n) is 5.23. The molecule has 0 aliphatic carbocycles. The average Bonchev–Trinajstić information content (AvgIpc) is 2.96. The molecule has 0 aromatic carbocycles. The van der Waals surface area contributed by atoms with Crippen LogP contribution in [0.1, 0.15) is 181 Å². The Kier molecular flexibility index (Phi) is 30.3. The Morgan fingerprint density at radius 2 is 1.00 bits per heavy atom. The summed E-state index contributed by atoms with van der Waals surface area (Å²) in [5.41, 5.74) is 0. The van der Waals surface area contributed by atoms with Crippen LogP contribution in [0.25, 0.3) is 0 Å². The molecule has 238 valence electrons. The van der Waals surface area contributed by atoms with Crippen LogP contribution in [0.4, 0.5) is 0 Å². The predicted octanol–water partition coefficient (Wildman–Crippen LogP) is 9.38. The third kappa shape index (κ3) is 26.0. The smallest absolute Gasteiger partial charge is 0.220 e. The van der Waals surface area contributed by atoms with Gasteiger partial charge in [-0.2, -0.15) is 0 Å². The minimum Gasteiger partial charge on any atom is -0.387 e. The maximum absolute atomic E-state index is 12.4. The molecule has 40 heavy (non-hydrogen) atoms. The normalized spacial score (nSPS) is 14.0. The maximum atomic E-state index is 12.4. The number of nitrogens with one attached hydrogen (secondary N) is 1. The van der Waals surface area contributed by atoms with Gasteiger partial charge in [-0.15, -0.1) is 0 Å². The summed E-state index contributed by atoms with van der Waals surface area (Å²) in [5.74, 6) is -0.248. The van der Waals surface area contributed by atoms with E-state index in [0.29, 0.717) is 6.42 Å². The number of hydrogen-bond donors (Lipinski definition) is 4. The van der Waals surface area contributed by atoms with Crippen molar-refractivity contribution in [3.05, 3.63) is 12.2 Å². The van der Waals surface area contributed by atoms with E-state index in [2.05, 4.69) is 24.1 Å². The van der Waals surface area contributed by atoms with Gasteiger partial charge in [0.25, 0.3) is 0 Å². The van der Waals surface area contributed by atoms with Crippen molar-refractivity contribution in [3.63, 3.8) is 0 Å². The first-order chi connectivity index (χ1) is 19.6. The number of allylic oxidation sites excluding steroid dienone is 1. The third-order valence-corrected chi connectivity index (χ3v) is 7.93. The van der Waals surface area contributed by atoms with Crippen LogP contribution in [0.5, 0.6) is 0 Å². The van der Waals surface area contributed by atoms with Gasteiger partial charge in [0, 0.05) is 6.42 Å². The first-order valence-corrected chi connectivity index (χ1v) is 17.2. The highest BCUT2D eigenvalue weighted by molar-refractivity contribution is 5.76. The van der Waals surface area contributed by atoms with Gasteiger partial charge in [-0.3, -0.25) is 4.79 Å². The van der Waals surface area contributed by atoms with Crippen molar-refractivity contribution < 1.29 is 25.2 Å². The molecule has 6 heteroatoms. The second kappa shape index (κ2) is 31.0. The Morgan fingerprint density at radius 1 is 0.625 bits per heavy atom. The van der Waals surface area contributed by atoms with Crippen LogP contribution in [-0.2, 0) is 9.68 Å². The number of rotatable bonds is 31. The molecular weight excluding hydrogens is 502 g/mol. The Balaban J connectivity index is 3.89. The third-order valence-electron chi connectivity index (χ3n) is 7.93. The molecule has 0 bridgehead atoms. The molecule has 0 rings (SSSR count). The van der Waals surface area contributed by atoms with Crippen molar-refractivity contribution in [2.75, 3.05) is 0 Å². The topological polar surface area (TPSA) is 99.0 Å². The monoisotopic (exact) mass is 570 g/mol. The summed E-state index contributed by atoms with van der Waals surface area (Å²) in [6.45, 7) is 4.50. The van der Waals surface area contributed by atoms with Crippen LogP contribution in [0, 0.1) is 0 Å². The summed E-state index contributed by atoms with van der Waals surface area (Å²) in [6, 6.07) is -1.10. The van der Waals surface area contributed by atoms with Crippen LogP contribution in [0.2, 0.25) is 0 Å². The number of hydrogen-bond acceptors (Lipinski definition) is 5. The highest BCUT2D eigenvalue weighted by Crippen LogP contribution is 2.14. The largest absolute Gasteiger partial charge is 0.387 e. The first kappa shape index (κ1) is 39.0. The van der Waals surface area contributed by atoms with E-state index in [9.17, 15) is 15.0 Å². The van der Waals surface area contributed by atoms with Gasteiger partial charge >= 0.3 is 0 Å². The van der Waals surface area contributed by atoms with Crippen molar-refractivity contribution in [1.82, 2.24) is 5.32 Å². The molecule has 0 aromatic rings. The summed E-state index contributed by atoms with van der Waals surface area (Å²) in [7, 11) is 0.